The average Bonchev–Trinajstić information content (AvgIpc) is 3.05. The zero-order valence-electron chi connectivity index (χ0n) is 13.9. The second-order valence-electron chi connectivity index (χ2n) is 5.56. The molecule has 1 atom stereocenters. The predicted molar refractivity (Wildman–Crippen MR) is 95.7 cm³/mol. The smallest absolute Gasteiger partial charge is 0.330 e. The van der Waals surface area contributed by atoms with Gasteiger partial charge in [-0.1, -0.05) is 6.08 Å². The van der Waals surface area contributed by atoms with Crippen molar-refractivity contribution in [2.75, 3.05) is 6.61 Å². The summed E-state index contributed by atoms with van der Waals surface area (Å²) in [5.74, 6) is -0.467. The van der Waals surface area contributed by atoms with Crippen molar-refractivity contribution in [3.8, 4) is 0 Å². The highest BCUT2D eigenvalue weighted by Gasteiger charge is 2.23. The lowest BCUT2D eigenvalue weighted by atomic mass is 10.3. The fourth-order valence-corrected chi connectivity index (χ4v) is 3.88. The van der Waals surface area contributed by atoms with Gasteiger partial charge in [-0.15, -0.1) is 17.9 Å². The Hall–Kier alpha value is -2.41. The van der Waals surface area contributed by atoms with E-state index in [2.05, 4.69) is 17.7 Å². The number of aromatic nitrogens is 3. The van der Waals surface area contributed by atoms with Crippen LogP contribution in [0, 0.1) is 6.92 Å². The van der Waals surface area contributed by atoms with Gasteiger partial charge in [-0.05, 0) is 26.8 Å². The first-order chi connectivity index (χ1) is 11.5. The molecule has 0 aliphatic heterocycles. The van der Waals surface area contributed by atoms with Crippen molar-refractivity contribution in [1.29, 1.82) is 0 Å². The lowest BCUT2D eigenvalue weighted by Gasteiger charge is -2.13. The number of hydrogen-bond acceptors (Lipinski definition) is 5. The number of nitrogens with zero attached hydrogens (tertiary/aromatic N) is 3. The quantitative estimate of drug-likeness (QED) is 0.527. The van der Waals surface area contributed by atoms with Crippen LogP contribution in [-0.2, 0) is 16.1 Å². The Balaban J connectivity index is 2.28. The molecule has 3 heterocycles. The minimum Gasteiger partial charge on any atom is -0.464 e. The highest BCUT2D eigenvalue weighted by Crippen LogP contribution is 2.33. The van der Waals surface area contributed by atoms with Gasteiger partial charge in [0.1, 0.15) is 5.52 Å². The molecule has 7 heteroatoms. The van der Waals surface area contributed by atoms with Crippen LogP contribution in [0.3, 0.4) is 0 Å². The van der Waals surface area contributed by atoms with Crippen LogP contribution >= 0.6 is 11.3 Å². The van der Waals surface area contributed by atoms with Crippen LogP contribution in [0.1, 0.15) is 24.8 Å². The van der Waals surface area contributed by atoms with Crippen LogP contribution in [0.25, 0.3) is 21.1 Å². The molecule has 6 nitrogen and oxygen atoms in total. The number of aryl methyl sites for hydroxylation is 1. The maximum Gasteiger partial charge on any atom is 0.330 e. The summed E-state index contributed by atoms with van der Waals surface area (Å²) in [6, 6.07) is 1.29. The maximum absolute atomic E-state index is 13.0. The molecular formula is C17H19N3O3S. The van der Waals surface area contributed by atoms with Crippen molar-refractivity contribution in [3.05, 3.63) is 40.1 Å². The first kappa shape index (κ1) is 16.4. The zero-order chi connectivity index (χ0) is 17.4. The van der Waals surface area contributed by atoms with Crippen LogP contribution in [0.4, 0.5) is 0 Å². The number of allylic oxidation sites excluding steroid dienone is 1. The summed E-state index contributed by atoms with van der Waals surface area (Å²) in [6.45, 7) is 9.95. The molecule has 1 unspecified atom stereocenters. The molecule has 126 valence electrons. The number of carbonyl (C=O) groups excluding carboxylic acids is 1. The number of rotatable bonds is 5. The van der Waals surface area contributed by atoms with Gasteiger partial charge in [0.25, 0.3) is 5.56 Å². The third kappa shape index (κ3) is 2.45. The number of hydrogen-bond donors (Lipinski definition) is 0. The zero-order valence-corrected chi connectivity index (χ0v) is 14.7. The lowest BCUT2D eigenvalue weighted by molar-refractivity contribution is -0.147. The van der Waals surface area contributed by atoms with E-state index in [-0.39, 0.29) is 12.2 Å². The molecule has 0 aliphatic carbocycles. The minimum atomic E-state index is -0.770. The fourth-order valence-electron chi connectivity index (χ4n) is 2.86. The van der Waals surface area contributed by atoms with Crippen molar-refractivity contribution < 1.29 is 9.53 Å². The van der Waals surface area contributed by atoms with E-state index in [4.69, 9.17) is 4.74 Å². The van der Waals surface area contributed by atoms with Gasteiger partial charge in [-0.3, -0.25) is 4.79 Å². The van der Waals surface area contributed by atoms with E-state index in [9.17, 15) is 9.59 Å². The van der Waals surface area contributed by atoms with Gasteiger partial charge in [0.05, 0.1) is 23.0 Å². The third-order valence-electron chi connectivity index (χ3n) is 3.92. The van der Waals surface area contributed by atoms with Crippen LogP contribution in [-0.4, -0.2) is 26.9 Å². The standard InChI is InChI=1S/C17H19N3O3S/c1-5-7-19-13-8-10(3)24-15(13)12-9-18-20(16(21)14(12)19)11(4)17(22)23-6-2/h5,8-9,11H,1,6-7H2,2-4H3. The normalized spacial score (nSPS) is 12.6. The molecule has 0 bridgehead atoms. The van der Waals surface area contributed by atoms with E-state index in [1.165, 1.54) is 9.56 Å². The highest BCUT2D eigenvalue weighted by atomic mass is 32.1. The van der Waals surface area contributed by atoms with Crippen LogP contribution in [0.2, 0.25) is 0 Å². The van der Waals surface area contributed by atoms with Gasteiger partial charge >= 0.3 is 5.97 Å². The van der Waals surface area contributed by atoms with Gasteiger partial charge in [0.15, 0.2) is 6.04 Å². The van der Waals surface area contributed by atoms with Gasteiger partial charge in [-0.25, -0.2) is 9.48 Å². The second kappa shape index (κ2) is 6.24. The summed E-state index contributed by atoms with van der Waals surface area (Å²) in [6.07, 6.45) is 3.41. The molecule has 0 fully saturated rings. The fraction of sp³-hybridized carbons (Fsp3) is 0.353. The monoisotopic (exact) mass is 345 g/mol. The van der Waals surface area contributed by atoms with Crippen molar-refractivity contribution in [1.82, 2.24) is 14.3 Å². The predicted octanol–water partition coefficient (Wildman–Crippen LogP) is 3.03. The van der Waals surface area contributed by atoms with Gasteiger partial charge in [0, 0.05) is 16.8 Å². The van der Waals surface area contributed by atoms with Crippen molar-refractivity contribution in [3.63, 3.8) is 0 Å². The summed E-state index contributed by atoms with van der Waals surface area (Å²) in [5, 5.41) is 5.02. The Morgan fingerprint density at radius 2 is 2.29 bits per heavy atom. The molecule has 0 N–H and O–H groups in total. The molecule has 0 saturated heterocycles. The number of carbonyl (C=O) groups is 1. The Kier molecular flexibility index (Phi) is 4.28. The molecule has 0 spiro atoms. The molecule has 24 heavy (non-hydrogen) atoms. The topological polar surface area (TPSA) is 66.1 Å². The molecule has 3 rings (SSSR count). The Bertz CT molecular complexity index is 996. The molecule has 0 amide bonds. The average molecular weight is 345 g/mol. The second-order valence-corrected chi connectivity index (χ2v) is 6.81. The van der Waals surface area contributed by atoms with Crippen molar-refractivity contribution in [2.45, 2.75) is 33.4 Å². The van der Waals surface area contributed by atoms with Crippen molar-refractivity contribution in [2.24, 2.45) is 0 Å². The molecule has 0 aromatic carbocycles. The molecule has 0 radical (unpaired) electrons. The Labute approximate surface area is 143 Å². The molecule has 0 saturated carbocycles. The summed E-state index contributed by atoms with van der Waals surface area (Å²) in [7, 11) is 0. The van der Waals surface area contributed by atoms with E-state index in [0.29, 0.717) is 12.1 Å². The van der Waals surface area contributed by atoms with Crippen LogP contribution in [0.5, 0.6) is 0 Å². The number of fused-ring (bicyclic) bond motifs is 3. The number of ether oxygens (including phenoxy) is 1. The molecule has 3 aromatic rings. The minimum absolute atomic E-state index is 0.266. The SMILES string of the molecule is C=CCn1c2cc(C)sc2c2cnn(C(C)C(=O)OCC)c(=O)c21. The van der Waals surface area contributed by atoms with E-state index in [1.54, 1.807) is 37.5 Å². The van der Waals surface area contributed by atoms with E-state index >= 15 is 0 Å². The van der Waals surface area contributed by atoms with Gasteiger partial charge < -0.3 is 9.30 Å². The largest absolute Gasteiger partial charge is 0.464 e. The molecule has 0 aliphatic rings. The third-order valence-corrected chi connectivity index (χ3v) is 5.00. The summed E-state index contributed by atoms with van der Waals surface area (Å²) in [4.78, 5) is 26.1. The molecular weight excluding hydrogens is 326 g/mol. The van der Waals surface area contributed by atoms with Gasteiger partial charge in [0.2, 0.25) is 0 Å². The molecule has 3 aromatic heterocycles. The Morgan fingerprint density at radius 3 is 2.96 bits per heavy atom. The van der Waals surface area contributed by atoms with Gasteiger partial charge in [-0.2, -0.15) is 5.10 Å². The van der Waals surface area contributed by atoms with E-state index < -0.39 is 12.0 Å². The van der Waals surface area contributed by atoms with Crippen LogP contribution < -0.4 is 5.56 Å². The first-order valence-electron chi connectivity index (χ1n) is 7.77. The number of thiophene rings is 1. The van der Waals surface area contributed by atoms with E-state index in [0.717, 1.165) is 15.6 Å². The van der Waals surface area contributed by atoms with Crippen LogP contribution in [0.15, 0.2) is 29.7 Å². The Morgan fingerprint density at radius 1 is 1.54 bits per heavy atom. The summed E-state index contributed by atoms with van der Waals surface area (Å²) < 4.78 is 9.16. The highest BCUT2D eigenvalue weighted by molar-refractivity contribution is 7.20. The lowest BCUT2D eigenvalue weighted by Crippen LogP contribution is -2.32. The number of esters is 1. The first-order valence-corrected chi connectivity index (χ1v) is 8.58. The van der Waals surface area contributed by atoms with E-state index in [1.807, 2.05) is 11.5 Å². The summed E-state index contributed by atoms with van der Waals surface area (Å²) in [5.41, 5.74) is 1.24. The van der Waals surface area contributed by atoms with Crippen molar-refractivity contribution >= 4 is 38.4 Å². The summed E-state index contributed by atoms with van der Waals surface area (Å²) >= 11 is 1.63. The maximum atomic E-state index is 13.0.